The lowest BCUT2D eigenvalue weighted by atomic mass is 9.96. The average Bonchev–Trinajstić information content (AvgIpc) is 3.09. The Hall–Kier alpha value is -1.89. The fraction of sp³-hybridized carbons (Fsp3) is 0.412. The molecule has 126 valence electrons. The summed E-state index contributed by atoms with van der Waals surface area (Å²) in [7, 11) is 0. The molecule has 4 N–H and O–H groups in total. The number of rotatable bonds is 1. The second kappa shape index (κ2) is 5.31. The third-order valence-electron chi connectivity index (χ3n) is 4.99. The number of fused-ring (bicyclic) bond motifs is 2. The monoisotopic (exact) mass is 345 g/mol. The maximum Gasteiger partial charge on any atom is 0.279 e. The molecule has 0 aliphatic carbocycles. The van der Waals surface area contributed by atoms with Crippen molar-refractivity contribution < 1.29 is 4.79 Å². The largest absolute Gasteiger partial charge is 0.324 e. The van der Waals surface area contributed by atoms with Gasteiger partial charge in [-0.3, -0.25) is 9.89 Å². The first kappa shape index (κ1) is 15.6. The van der Waals surface area contributed by atoms with E-state index in [-0.39, 0.29) is 17.5 Å². The lowest BCUT2D eigenvalue weighted by Crippen LogP contribution is -2.39. The molecule has 0 saturated carbocycles. The summed E-state index contributed by atoms with van der Waals surface area (Å²) in [6.07, 6.45) is 0.704. The van der Waals surface area contributed by atoms with Gasteiger partial charge in [-0.05, 0) is 44.0 Å². The zero-order valence-corrected chi connectivity index (χ0v) is 14.4. The molecule has 2 aliphatic rings. The Morgan fingerprint density at radius 3 is 3.04 bits per heavy atom. The summed E-state index contributed by atoms with van der Waals surface area (Å²) < 4.78 is 0. The van der Waals surface area contributed by atoms with Gasteiger partial charge in [0.2, 0.25) is 0 Å². The van der Waals surface area contributed by atoms with Gasteiger partial charge in [0.15, 0.2) is 5.69 Å². The van der Waals surface area contributed by atoms with Gasteiger partial charge in [-0.2, -0.15) is 5.10 Å². The molecule has 1 amide bonds. The van der Waals surface area contributed by atoms with Gasteiger partial charge in [-0.25, -0.2) is 0 Å². The summed E-state index contributed by atoms with van der Waals surface area (Å²) >= 11 is 6.09. The molecule has 7 heteroatoms. The van der Waals surface area contributed by atoms with E-state index in [0.717, 1.165) is 22.5 Å². The molecule has 2 aromatic rings. The van der Waals surface area contributed by atoms with Crippen LogP contribution in [0.5, 0.6) is 0 Å². The highest BCUT2D eigenvalue weighted by Gasteiger charge is 2.37. The number of aromatic amines is 1. The predicted molar refractivity (Wildman–Crippen MR) is 93.1 cm³/mol. The molecule has 1 atom stereocenters. The number of nitrogens with zero attached hydrogens (tertiary/aromatic N) is 2. The number of aromatic nitrogens is 2. The number of hydrogen-bond acceptors (Lipinski definition) is 4. The standard InChI is InChI=1S/C17H20ClN5O/c1-17(2)15-11(8-20-17)14(21-22-15)16(24)23-6-5-12(19)10-7-9(18)3-4-13(10)23/h3-4,7,12,20H,5-6,8,19H2,1-2H3,(H,21,22). The summed E-state index contributed by atoms with van der Waals surface area (Å²) in [5, 5.41) is 11.4. The number of anilines is 1. The van der Waals surface area contributed by atoms with Gasteiger partial charge in [-0.15, -0.1) is 0 Å². The van der Waals surface area contributed by atoms with Gasteiger partial charge in [0.25, 0.3) is 5.91 Å². The molecule has 3 heterocycles. The van der Waals surface area contributed by atoms with Crippen molar-refractivity contribution in [1.82, 2.24) is 15.5 Å². The second-order valence-corrected chi connectivity index (χ2v) is 7.40. The first-order chi connectivity index (χ1) is 11.4. The van der Waals surface area contributed by atoms with E-state index >= 15 is 0 Å². The van der Waals surface area contributed by atoms with Crippen LogP contribution in [0.2, 0.25) is 5.02 Å². The number of benzene rings is 1. The summed E-state index contributed by atoms with van der Waals surface area (Å²) in [6.45, 7) is 5.36. The van der Waals surface area contributed by atoms with Gasteiger partial charge < -0.3 is 16.0 Å². The lowest BCUT2D eigenvalue weighted by Gasteiger charge is -2.32. The Balaban J connectivity index is 1.74. The number of nitrogens with two attached hydrogens (primary N) is 1. The molecule has 0 bridgehead atoms. The molecule has 1 aromatic heterocycles. The van der Waals surface area contributed by atoms with E-state index in [1.54, 1.807) is 11.0 Å². The van der Waals surface area contributed by atoms with E-state index in [1.165, 1.54) is 0 Å². The second-order valence-electron chi connectivity index (χ2n) is 6.96. The topological polar surface area (TPSA) is 87.0 Å². The van der Waals surface area contributed by atoms with Crippen LogP contribution in [-0.2, 0) is 12.1 Å². The zero-order chi connectivity index (χ0) is 17.1. The van der Waals surface area contributed by atoms with Gasteiger partial charge in [-0.1, -0.05) is 11.6 Å². The van der Waals surface area contributed by atoms with E-state index in [9.17, 15) is 4.79 Å². The van der Waals surface area contributed by atoms with Gasteiger partial charge in [0, 0.05) is 35.4 Å². The number of hydrogen-bond donors (Lipinski definition) is 3. The Labute approximate surface area is 145 Å². The molecular weight excluding hydrogens is 326 g/mol. The van der Waals surface area contributed by atoms with Crippen LogP contribution in [0.15, 0.2) is 18.2 Å². The van der Waals surface area contributed by atoms with E-state index in [2.05, 4.69) is 29.4 Å². The van der Waals surface area contributed by atoms with Crippen molar-refractivity contribution >= 4 is 23.2 Å². The molecule has 1 aromatic carbocycles. The number of nitrogens with one attached hydrogen (secondary N) is 2. The molecule has 0 fully saturated rings. The predicted octanol–water partition coefficient (Wildman–Crippen LogP) is 2.45. The Morgan fingerprint density at radius 2 is 2.25 bits per heavy atom. The van der Waals surface area contributed by atoms with Crippen LogP contribution in [0.4, 0.5) is 5.69 Å². The highest BCUT2D eigenvalue weighted by Crippen LogP contribution is 2.36. The van der Waals surface area contributed by atoms with Crippen molar-refractivity contribution in [2.24, 2.45) is 5.73 Å². The number of halogens is 1. The van der Waals surface area contributed by atoms with Crippen LogP contribution in [0.3, 0.4) is 0 Å². The van der Waals surface area contributed by atoms with E-state index < -0.39 is 0 Å². The highest BCUT2D eigenvalue weighted by molar-refractivity contribution is 6.30. The molecule has 0 spiro atoms. The van der Waals surface area contributed by atoms with Crippen LogP contribution >= 0.6 is 11.6 Å². The van der Waals surface area contributed by atoms with Crippen molar-refractivity contribution in [1.29, 1.82) is 0 Å². The lowest BCUT2D eigenvalue weighted by molar-refractivity contribution is 0.0978. The third kappa shape index (κ3) is 2.25. The molecule has 6 nitrogen and oxygen atoms in total. The molecule has 1 unspecified atom stereocenters. The van der Waals surface area contributed by atoms with Crippen LogP contribution in [0.25, 0.3) is 0 Å². The SMILES string of the molecule is CC1(C)NCc2c(C(=O)N3CCC(N)c4cc(Cl)ccc43)n[nH]c21. The summed E-state index contributed by atoms with van der Waals surface area (Å²) in [6, 6.07) is 5.40. The smallest absolute Gasteiger partial charge is 0.279 e. The molecule has 0 saturated heterocycles. The van der Waals surface area contributed by atoms with Crippen molar-refractivity contribution in [3.05, 3.63) is 45.7 Å². The van der Waals surface area contributed by atoms with Gasteiger partial charge in [0.05, 0.1) is 11.2 Å². The van der Waals surface area contributed by atoms with Crippen LogP contribution in [-0.4, -0.2) is 22.6 Å². The minimum Gasteiger partial charge on any atom is -0.324 e. The van der Waals surface area contributed by atoms with Gasteiger partial charge in [0.1, 0.15) is 0 Å². The summed E-state index contributed by atoms with van der Waals surface area (Å²) in [5.74, 6) is -0.0949. The van der Waals surface area contributed by atoms with Crippen molar-refractivity contribution in [3.8, 4) is 0 Å². The molecule has 0 radical (unpaired) electrons. The third-order valence-corrected chi connectivity index (χ3v) is 5.23. The van der Waals surface area contributed by atoms with Crippen LogP contribution in [0, 0.1) is 0 Å². The Bertz CT molecular complexity index is 828. The zero-order valence-electron chi connectivity index (χ0n) is 13.7. The highest BCUT2D eigenvalue weighted by atomic mass is 35.5. The number of carbonyl (C=O) groups is 1. The van der Waals surface area contributed by atoms with E-state index in [1.807, 2.05) is 12.1 Å². The molecular formula is C17H20ClN5O. The van der Waals surface area contributed by atoms with Crippen molar-refractivity contribution in [2.75, 3.05) is 11.4 Å². The fourth-order valence-corrected chi connectivity index (χ4v) is 3.76. The number of amides is 1. The van der Waals surface area contributed by atoms with Gasteiger partial charge >= 0.3 is 0 Å². The minimum atomic E-state index is -0.198. The van der Waals surface area contributed by atoms with Crippen molar-refractivity contribution in [2.45, 2.75) is 38.4 Å². The number of carbonyl (C=O) groups excluding carboxylic acids is 1. The summed E-state index contributed by atoms with van der Waals surface area (Å²) in [5.41, 5.74) is 10.2. The van der Waals surface area contributed by atoms with E-state index in [4.69, 9.17) is 17.3 Å². The maximum atomic E-state index is 13.1. The van der Waals surface area contributed by atoms with Crippen LogP contribution < -0.4 is 16.0 Å². The summed E-state index contributed by atoms with van der Waals surface area (Å²) in [4.78, 5) is 14.9. The minimum absolute atomic E-state index is 0.0949. The number of H-pyrrole nitrogens is 1. The molecule has 2 aliphatic heterocycles. The normalized spacial score (nSPS) is 21.5. The quantitative estimate of drug-likeness (QED) is 0.741. The Kier molecular flexibility index (Phi) is 3.46. The van der Waals surface area contributed by atoms with Crippen LogP contribution in [0.1, 0.15) is 53.6 Å². The van der Waals surface area contributed by atoms with Crippen molar-refractivity contribution in [3.63, 3.8) is 0 Å². The maximum absolute atomic E-state index is 13.1. The fourth-order valence-electron chi connectivity index (χ4n) is 3.58. The average molecular weight is 346 g/mol. The first-order valence-electron chi connectivity index (χ1n) is 8.08. The Morgan fingerprint density at radius 1 is 1.46 bits per heavy atom. The molecule has 4 rings (SSSR count). The molecule has 24 heavy (non-hydrogen) atoms. The van der Waals surface area contributed by atoms with E-state index in [0.29, 0.717) is 30.2 Å². The first-order valence-corrected chi connectivity index (χ1v) is 8.46.